The highest BCUT2D eigenvalue weighted by molar-refractivity contribution is 5.92. The van der Waals surface area contributed by atoms with Gasteiger partial charge in [-0.15, -0.1) is 10.2 Å². The zero-order valence-corrected chi connectivity index (χ0v) is 15.9. The van der Waals surface area contributed by atoms with Crippen LogP contribution in [0.5, 0.6) is 11.5 Å². The summed E-state index contributed by atoms with van der Waals surface area (Å²) in [6.45, 7) is 4.83. The van der Waals surface area contributed by atoms with Crippen LogP contribution < -0.4 is 14.8 Å². The minimum atomic E-state index is -0.0385. The quantitative estimate of drug-likeness (QED) is 0.755. The summed E-state index contributed by atoms with van der Waals surface area (Å²) < 4.78 is 10.8. The van der Waals surface area contributed by atoms with E-state index >= 15 is 0 Å². The minimum absolute atomic E-state index is 0.0385. The van der Waals surface area contributed by atoms with Crippen LogP contribution in [0.1, 0.15) is 30.3 Å². The van der Waals surface area contributed by atoms with Crippen LogP contribution in [0.3, 0.4) is 0 Å². The van der Waals surface area contributed by atoms with E-state index in [1.165, 1.54) is 6.42 Å². The van der Waals surface area contributed by atoms with E-state index in [4.69, 9.17) is 9.47 Å². The van der Waals surface area contributed by atoms with Crippen LogP contribution in [0.15, 0.2) is 36.4 Å². The van der Waals surface area contributed by atoms with Crippen LogP contribution in [-0.2, 0) is 0 Å². The van der Waals surface area contributed by atoms with Crippen molar-refractivity contribution in [3.63, 3.8) is 0 Å². The molecule has 2 aromatic rings. The number of carbonyl (C=O) groups is 1. The number of amides is 1. The fourth-order valence-corrected chi connectivity index (χ4v) is 3.10. The van der Waals surface area contributed by atoms with Crippen molar-refractivity contribution in [2.75, 3.05) is 38.7 Å². The van der Waals surface area contributed by atoms with Crippen molar-refractivity contribution in [3.05, 3.63) is 42.1 Å². The highest BCUT2D eigenvalue weighted by atomic mass is 16.5. The highest BCUT2D eigenvalue weighted by Crippen LogP contribution is 2.18. The molecule has 1 aromatic heterocycles. The van der Waals surface area contributed by atoms with Gasteiger partial charge in [0, 0.05) is 13.1 Å². The fourth-order valence-electron chi connectivity index (χ4n) is 3.10. The van der Waals surface area contributed by atoms with E-state index in [0.717, 1.165) is 31.0 Å². The molecule has 0 radical (unpaired) electrons. The van der Waals surface area contributed by atoms with Gasteiger partial charge in [-0.1, -0.05) is 6.92 Å². The lowest BCUT2D eigenvalue weighted by Gasteiger charge is -2.30. The van der Waals surface area contributed by atoms with E-state index in [2.05, 4.69) is 22.4 Å². The van der Waals surface area contributed by atoms with Crippen molar-refractivity contribution >= 4 is 11.7 Å². The van der Waals surface area contributed by atoms with Crippen LogP contribution in [0.25, 0.3) is 0 Å². The second kappa shape index (κ2) is 9.21. The number of carbonyl (C=O) groups excluding carboxylic acids is 1. The average Bonchev–Trinajstić information content (AvgIpc) is 2.71. The van der Waals surface area contributed by atoms with Crippen molar-refractivity contribution in [2.24, 2.45) is 5.92 Å². The normalized spacial score (nSPS) is 16.7. The lowest BCUT2D eigenvalue weighted by molar-refractivity contribution is 0.0676. The Labute approximate surface area is 159 Å². The highest BCUT2D eigenvalue weighted by Gasteiger charge is 2.23. The molecule has 1 atom stereocenters. The first-order valence-electron chi connectivity index (χ1n) is 9.29. The van der Waals surface area contributed by atoms with Crippen LogP contribution >= 0.6 is 0 Å². The fraction of sp³-hybridized carbons (Fsp3) is 0.450. The monoisotopic (exact) mass is 370 g/mol. The molecule has 27 heavy (non-hydrogen) atoms. The Morgan fingerprint density at radius 3 is 2.63 bits per heavy atom. The van der Waals surface area contributed by atoms with Gasteiger partial charge >= 0.3 is 0 Å². The summed E-state index contributed by atoms with van der Waals surface area (Å²) in [5.41, 5.74) is 0.393. The number of ether oxygens (including phenoxy) is 2. The Kier molecular flexibility index (Phi) is 6.46. The Bertz CT molecular complexity index is 734. The Balaban J connectivity index is 1.44. The SMILES string of the molecule is COc1ccc(OCCNc2ccc(C(=O)N3CCCC(C)C3)nn2)cc1. The predicted molar refractivity (Wildman–Crippen MR) is 103 cm³/mol. The smallest absolute Gasteiger partial charge is 0.274 e. The van der Waals surface area contributed by atoms with Crippen LogP contribution in [0.2, 0.25) is 0 Å². The zero-order chi connectivity index (χ0) is 19.1. The van der Waals surface area contributed by atoms with Crippen molar-refractivity contribution < 1.29 is 14.3 Å². The molecule has 0 spiro atoms. The first-order valence-corrected chi connectivity index (χ1v) is 9.29. The molecule has 0 aliphatic carbocycles. The first kappa shape index (κ1) is 18.9. The van der Waals surface area contributed by atoms with Gasteiger partial charge in [0.1, 0.15) is 23.9 Å². The molecule has 0 saturated carbocycles. The number of anilines is 1. The average molecular weight is 370 g/mol. The van der Waals surface area contributed by atoms with Gasteiger partial charge in [0.25, 0.3) is 5.91 Å². The molecule has 1 fully saturated rings. The molecule has 1 aliphatic heterocycles. The molecule has 7 heteroatoms. The lowest BCUT2D eigenvalue weighted by atomic mass is 10.00. The van der Waals surface area contributed by atoms with Gasteiger partial charge in [-0.05, 0) is 55.2 Å². The summed E-state index contributed by atoms with van der Waals surface area (Å²) >= 11 is 0. The van der Waals surface area contributed by atoms with Gasteiger partial charge in [-0.3, -0.25) is 4.79 Å². The Hall–Kier alpha value is -2.83. The molecule has 1 saturated heterocycles. The largest absolute Gasteiger partial charge is 0.497 e. The summed E-state index contributed by atoms with van der Waals surface area (Å²) in [6.07, 6.45) is 2.23. The first-order chi connectivity index (χ1) is 13.2. The van der Waals surface area contributed by atoms with Crippen molar-refractivity contribution in [2.45, 2.75) is 19.8 Å². The maximum absolute atomic E-state index is 12.5. The number of nitrogens with zero attached hydrogens (tertiary/aromatic N) is 3. The maximum atomic E-state index is 12.5. The third-order valence-corrected chi connectivity index (χ3v) is 4.56. The summed E-state index contributed by atoms with van der Waals surface area (Å²) in [4.78, 5) is 14.4. The van der Waals surface area contributed by atoms with Gasteiger partial charge in [0.2, 0.25) is 0 Å². The van der Waals surface area contributed by atoms with Crippen LogP contribution in [0.4, 0.5) is 5.82 Å². The molecule has 1 aromatic carbocycles. The van der Waals surface area contributed by atoms with Gasteiger partial charge in [-0.2, -0.15) is 0 Å². The Morgan fingerprint density at radius 1 is 1.19 bits per heavy atom. The molecular weight excluding hydrogens is 344 g/mol. The van der Waals surface area contributed by atoms with E-state index in [1.807, 2.05) is 29.2 Å². The number of aromatic nitrogens is 2. The Morgan fingerprint density at radius 2 is 1.96 bits per heavy atom. The van der Waals surface area contributed by atoms with E-state index in [0.29, 0.717) is 30.6 Å². The van der Waals surface area contributed by atoms with Gasteiger partial charge in [0.05, 0.1) is 13.7 Å². The summed E-state index contributed by atoms with van der Waals surface area (Å²) in [5, 5.41) is 11.3. The second-order valence-corrected chi connectivity index (χ2v) is 6.75. The number of rotatable bonds is 7. The lowest BCUT2D eigenvalue weighted by Crippen LogP contribution is -2.39. The summed E-state index contributed by atoms with van der Waals surface area (Å²) in [5.74, 6) is 2.70. The molecule has 3 rings (SSSR count). The molecule has 7 nitrogen and oxygen atoms in total. The summed E-state index contributed by atoms with van der Waals surface area (Å²) in [7, 11) is 1.63. The topological polar surface area (TPSA) is 76.6 Å². The van der Waals surface area contributed by atoms with E-state index in [-0.39, 0.29) is 5.91 Å². The number of hydrogen-bond acceptors (Lipinski definition) is 6. The molecular formula is C20H26N4O3. The van der Waals surface area contributed by atoms with Crippen LogP contribution in [-0.4, -0.2) is 54.4 Å². The number of methoxy groups -OCH3 is 1. The van der Waals surface area contributed by atoms with E-state index < -0.39 is 0 Å². The maximum Gasteiger partial charge on any atom is 0.274 e. The molecule has 2 heterocycles. The van der Waals surface area contributed by atoms with Gasteiger partial charge < -0.3 is 19.7 Å². The third-order valence-electron chi connectivity index (χ3n) is 4.56. The number of benzene rings is 1. The predicted octanol–water partition coefficient (Wildman–Crippen LogP) is 2.85. The molecule has 0 bridgehead atoms. The molecule has 1 N–H and O–H groups in total. The molecule has 1 aliphatic rings. The van der Waals surface area contributed by atoms with E-state index in [1.54, 1.807) is 19.2 Å². The second-order valence-electron chi connectivity index (χ2n) is 6.75. The minimum Gasteiger partial charge on any atom is -0.497 e. The molecule has 1 amide bonds. The van der Waals surface area contributed by atoms with Crippen LogP contribution in [0, 0.1) is 5.92 Å². The summed E-state index contributed by atoms with van der Waals surface area (Å²) in [6, 6.07) is 10.9. The molecule has 144 valence electrons. The van der Waals surface area contributed by atoms with E-state index in [9.17, 15) is 4.79 Å². The standard InChI is InChI=1S/C20H26N4O3/c1-15-4-3-12-24(14-15)20(25)18-9-10-19(23-22-18)21-11-13-27-17-7-5-16(26-2)6-8-17/h5-10,15H,3-4,11-14H2,1-2H3,(H,21,23). The van der Waals surface area contributed by atoms with Gasteiger partial charge in [-0.25, -0.2) is 0 Å². The van der Waals surface area contributed by atoms with Crippen molar-refractivity contribution in [1.82, 2.24) is 15.1 Å². The van der Waals surface area contributed by atoms with Crippen molar-refractivity contribution in [3.8, 4) is 11.5 Å². The third kappa shape index (κ3) is 5.32. The zero-order valence-electron chi connectivity index (χ0n) is 15.9. The van der Waals surface area contributed by atoms with Crippen molar-refractivity contribution in [1.29, 1.82) is 0 Å². The van der Waals surface area contributed by atoms with Gasteiger partial charge in [0.15, 0.2) is 5.69 Å². The number of hydrogen-bond donors (Lipinski definition) is 1. The molecule has 1 unspecified atom stereocenters. The number of nitrogens with one attached hydrogen (secondary N) is 1. The number of piperidine rings is 1. The number of likely N-dealkylation sites (tertiary alicyclic amines) is 1.